The van der Waals surface area contributed by atoms with Gasteiger partial charge in [-0.15, -0.1) is 0 Å². The normalized spacial score (nSPS) is 24.7. The molecule has 0 aromatic heterocycles. The first kappa shape index (κ1) is 96.5. The lowest BCUT2D eigenvalue weighted by Gasteiger charge is -2.44. The van der Waals surface area contributed by atoms with Crippen molar-refractivity contribution in [2.45, 2.75) is 239 Å². The van der Waals surface area contributed by atoms with Gasteiger partial charge in [0.1, 0.15) is 23.3 Å². The smallest absolute Gasteiger partial charge is 0.408 e. The molecule has 23 nitrogen and oxygen atoms in total. The number of aliphatic hydroxyl groups excluding tert-OH is 2. The number of carbonyl (C=O) groups is 7. The molecular formula is C84H137Cl5N10O13. The molecule has 0 spiro atoms. The Kier molecular flexibility index (Phi) is 41.8. The second-order valence-electron chi connectivity index (χ2n) is 34.3. The third kappa shape index (κ3) is 32.9. The fourth-order valence-corrected chi connectivity index (χ4v) is 17.4. The van der Waals surface area contributed by atoms with Crippen LogP contribution in [0.4, 0.5) is 9.59 Å². The monoisotopic (exact) mass is 1670 g/mol. The minimum atomic E-state index is -0.831. The first-order valence-electron chi connectivity index (χ1n) is 41.6. The average molecular weight is 1670 g/mol. The molecule has 4 heterocycles. The summed E-state index contributed by atoms with van der Waals surface area (Å²) in [6, 6.07) is 10.4. The van der Waals surface area contributed by atoms with Gasteiger partial charge in [0.15, 0.2) is 0 Å². The Morgan fingerprint density at radius 3 is 1.13 bits per heavy atom. The zero-order valence-electron chi connectivity index (χ0n) is 69.6. The molecule has 2 aromatic rings. The number of benzene rings is 2. The van der Waals surface area contributed by atoms with E-state index in [1.165, 1.54) is 77.5 Å². The standard InChI is InChI=1S/C29H43Cl2N3O5.C25H37Cl2N3O4.C14H26N2O2.C12H24N2O.C4H7ClO/c1-19(2)27(36)38-18-21-8-6-7-9-25(21)33-12-14-34(15-13-33)26(35)24(32-28(37)39-29(3,4)5)16-20-10-11-22(30)17-23(20)31;1-25(2,3)34-24(33)28-21(14-17-8-9-19(26)15-20(17)27)23(32)30-12-10-29(11-13-30)22-7-5-4-6-18(22)16-31;1-3-18-14(17)12-6-4-5-7-13(12)16-10-8-15(2)9-11-16;1-13-6-8-14(9-7-13)12-5-3-2-4-11(12)10-15;1-3(2)4(5)6/h10-11,17,19,21,24-25H,6-9,12-16,18H2,1-5H3,(H,32,37);8-9,15,18,21-22,31H,4-7,10-14,16H2,1-3H3,(H,28,33);12-13H,3-11H2,1-2H3;11-12,15H,2-10H2,1H3;3H,1-2H3/t21-,24?,25+;18-,21?,22+;12-,13-;11-,12+;/m0010./s1. The van der Waals surface area contributed by atoms with E-state index >= 15 is 0 Å². The highest BCUT2D eigenvalue weighted by Gasteiger charge is 2.41. The maximum absolute atomic E-state index is 13.7. The van der Waals surface area contributed by atoms with Crippen molar-refractivity contribution in [1.29, 1.82) is 0 Å². The van der Waals surface area contributed by atoms with Crippen molar-refractivity contribution in [3.05, 3.63) is 67.6 Å². The van der Waals surface area contributed by atoms with Crippen LogP contribution in [0.1, 0.15) is 190 Å². The summed E-state index contributed by atoms with van der Waals surface area (Å²) in [5, 5.41) is 26.4. The molecule has 0 radical (unpaired) electrons. The van der Waals surface area contributed by atoms with Gasteiger partial charge in [-0.3, -0.25) is 43.6 Å². The van der Waals surface area contributed by atoms with Crippen molar-refractivity contribution in [2.24, 2.45) is 35.5 Å². The van der Waals surface area contributed by atoms with E-state index in [1.807, 2.05) is 20.8 Å². The van der Waals surface area contributed by atoms with Crippen molar-refractivity contribution >= 4 is 99.2 Å². The number of nitrogens with one attached hydrogen (secondary N) is 2. The summed E-state index contributed by atoms with van der Waals surface area (Å²) < 4.78 is 21.7. The topological polar surface area (TPSA) is 247 Å². The van der Waals surface area contributed by atoms with Gasteiger partial charge >= 0.3 is 24.1 Å². The van der Waals surface area contributed by atoms with E-state index in [0.29, 0.717) is 108 Å². The number of likely N-dealkylation sites (N-methyl/N-ethyl adjacent to an activating group) is 2. The Balaban J connectivity index is 0.000000240. The van der Waals surface area contributed by atoms with Gasteiger partial charge in [0.25, 0.3) is 0 Å². The second-order valence-corrected chi connectivity index (χ2v) is 36.4. The second kappa shape index (κ2) is 48.5. The van der Waals surface area contributed by atoms with Crippen LogP contribution in [0.3, 0.4) is 0 Å². The third-order valence-electron chi connectivity index (χ3n) is 22.8. The number of halogens is 5. The summed E-state index contributed by atoms with van der Waals surface area (Å²) in [5.41, 5.74) is 0.0772. The lowest BCUT2D eigenvalue weighted by atomic mass is 9.83. The minimum absolute atomic E-state index is 0.0216. The van der Waals surface area contributed by atoms with E-state index in [4.69, 9.17) is 77.0 Å². The summed E-state index contributed by atoms with van der Waals surface area (Å²) in [6.07, 6.45) is 17.9. The van der Waals surface area contributed by atoms with Crippen molar-refractivity contribution < 1.29 is 62.7 Å². The number of carbonyl (C=O) groups excluding carboxylic acids is 7. The molecule has 4 amide bonds. The Hall–Kier alpha value is -4.34. The van der Waals surface area contributed by atoms with Crippen LogP contribution in [0.5, 0.6) is 0 Å². The highest BCUT2D eigenvalue weighted by Crippen LogP contribution is 2.35. The molecule has 10 rings (SSSR count). The molecule has 8 fully saturated rings. The molecule has 2 aromatic carbocycles. The lowest BCUT2D eigenvalue weighted by molar-refractivity contribution is -0.152. The van der Waals surface area contributed by atoms with Crippen molar-refractivity contribution in [1.82, 2.24) is 49.8 Å². The minimum Gasteiger partial charge on any atom is -0.466 e. The van der Waals surface area contributed by atoms with Crippen LogP contribution in [0.15, 0.2) is 36.4 Å². The number of alkyl carbamates (subject to hydrolysis) is 2. The fourth-order valence-electron chi connectivity index (χ4n) is 16.5. The number of rotatable bonds is 20. The molecule has 8 aliphatic rings. The first-order chi connectivity index (χ1) is 53.1. The van der Waals surface area contributed by atoms with E-state index in [0.717, 1.165) is 115 Å². The number of nitrogens with zero attached hydrogens (tertiary/aromatic N) is 8. The van der Waals surface area contributed by atoms with E-state index < -0.39 is 35.5 Å². The number of aliphatic hydroxyl groups is 2. The van der Waals surface area contributed by atoms with Gasteiger partial charge in [-0.05, 0) is 173 Å². The van der Waals surface area contributed by atoms with Crippen LogP contribution in [0.2, 0.25) is 20.1 Å². The molecule has 10 atom stereocenters. The fraction of sp³-hybridized carbons (Fsp3) is 0.774. The van der Waals surface area contributed by atoms with Gasteiger partial charge in [0.2, 0.25) is 17.1 Å². The van der Waals surface area contributed by atoms with Crippen LogP contribution in [-0.4, -0.2) is 283 Å². The largest absolute Gasteiger partial charge is 0.466 e. The molecule has 4 aliphatic carbocycles. The lowest BCUT2D eigenvalue weighted by Crippen LogP contribution is -2.58. The third-order valence-corrected chi connectivity index (χ3v) is 24.4. The molecule has 2 unspecified atom stereocenters. The summed E-state index contributed by atoms with van der Waals surface area (Å²) in [5.74, 6) is 0.668. The van der Waals surface area contributed by atoms with Crippen LogP contribution < -0.4 is 10.6 Å². The summed E-state index contributed by atoms with van der Waals surface area (Å²) >= 11 is 29.8. The molecule has 112 heavy (non-hydrogen) atoms. The predicted octanol–water partition coefficient (Wildman–Crippen LogP) is 13.0. The van der Waals surface area contributed by atoms with Gasteiger partial charge in [0.05, 0.1) is 25.0 Å². The molecule has 4 N–H and O–H groups in total. The van der Waals surface area contributed by atoms with E-state index in [2.05, 4.69) is 54.1 Å². The van der Waals surface area contributed by atoms with E-state index in [9.17, 15) is 43.8 Å². The maximum Gasteiger partial charge on any atom is 0.408 e. The average Bonchev–Trinajstić information content (AvgIpc) is 0.829. The zero-order valence-corrected chi connectivity index (χ0v) is 73.4. The molecule has 28 heteroatoms. The number of hydrogen-bond donors (Lipinski definition) is 4. The molecule has 4 aliphatic heterocycles. The van der Waals surface area contributed by atoms with Gasteiger partial charge in [-0.2, -0.15) is 0 Å². The Morgan fingerprint density at radius 2 is 0.795 bits per heavy atom. The van der Waals surface area contributed by atoms with Crippen molar-refractivity contribution in [2.75, 3.05) is 145 Å². The number of ether oxygens (including phenoxy) is 4. The van der Waals surface area contributed by atoms with E-state index in [1.54, 1.807) is 102 Å². The Morgan fingerprint density at radius 1 is 0.464 bits per heavy atom. The summed E-state index contributed by atoms with van der Waals surface area (Å²) in [7, 11) is 4.36. The maximum atomic E-state index is 13.7. The van der Waals surface area contributed by atoms with Gasteiger partial charge in [-0.1, -0.05) is 138 Å². The van der Waals surface area contributed by atoms with E-state index in [-0.39, 0.29) is 66.2 Å². The summed E-state index contributed by atoms with van der Waals surface area (Å²) in [6.45, 7) is 35.8. The van der Waals surface area contributed by atoms with Crippen LogP contribution in [0.25, 0.3) is 0 Å². The molecule has 4 saturated carbocycles. The van der Waals surface area contributed by atoms with Crippen LogP contribution in [0, 0.1) is 35.5 Å². The van der Waals surface area contributed by atoms with Crippen molar-refractivity contribution in [3.63, 3.8) is 0 Å². The SMILES string of the molecule is CC(C)(C)OC(=O)NC(Cc1ccc(Cl)cc1Cl)C(=O)N1CCN([C@@H]2CCCC[C@H]2CO)CC1.CC(C)C(=O)Cl.CC(C)C(=O)OC[C@@H]1CCCC[C@H]1N1CCN(C(=O)C(Cc2ccc(Cl)cc2Cl)NC(=O)OC(C)(C)C)CC1.CCOC(=O)[C@@H]1CCCC[C@H]1N1CCN(C)CC1.CN1CCN([C@@H]2CCCC[C@H]2CO)CC1. The van der Waals surface area contributed by atoms with Gasteiger partial charge in [-0.25, -0.2) is 9.59 Å². The molecular weight excluding hydrogens is 1530 g/mol. The van der Waals surface area contributed by atoms with Crippen LogP contribution in [-0.2, 0) is 55.8 Å². The van der Waals surface area contributed by atoms with Gasteiger partial charge in [0, 0.05) is 187 Å². The van der Waals surface area contributed by atoms with Crippen LogP contribution >= 0.6 is 58.0 Å². The van der Waals surface area contributed by atoms with Crippen molar-refractivity contribution in [3.8, 4) is 0 Å². The predicted molar refractivity (Wildman–Crippen MR) is 446 cm³/mol. The molecule has 4 saturated heterocycles. The molecule has 636 valence electrons. The zero-order chi connectivity index (χ0) is 82.4. The molecule has 0 bridgehead atoms. The Labute approximate surface area is 695 Å². The quantitative estimate of drug-likeness (QED) is 0.0546. The highest BCUT2D eigenvalue weighted by molar-refractivity contribution is 6.63. The first-order valence-corrected chi connectivity index (χ1v) is 43.5. The van der Waals surface area contributed by atoms with Gasteiger partial charge < -0.3 is 59.4 Å². The number of hydrogen-bond acceptors (Lipinski definition) is 19. The number of amides is 4. The number of esters is 2. The summed E-state index contributed by atoms with van der Waals surface area (Å²) in [4.78, 5) is 105. The Bertz CT molecular complexity index is 3210. The number of piperazine rings is 4. The highest BCUT2D eigenvalue weighted by atomic mass is 35.5.